The van der Waals surface area contributed by atoms with Crippen molar-refractivity contribution in [1.29, 1.82) is 0 Å². The molecule has 1 unspecified atom stereocenters. The molecule has 1 fully saturated rings. The third kappa shape index (κ3) is 5.25. The number of piperazine rings is 1. The van der Waals surface area contributed by atoms with Crippen LogP contribution in [0.1, 0.15) is 35.8 Å². The molecule has 2 N–H and O–H groups in total. The van der Waals surface area contributed by atoms with Crippen LogP contribution in [0.15, 0.2) is 48.5 Å². The van der Waals surface area contributed by atoms with Crippen molar-refractivity contribution in [2.75, 3.05) is 25.0 Å². The van der Waals surface area contributed by atoms with Crippen LogP contribution in [0.3, 0.4) is 0 Å². The minimum Gasteiger partial charge on any atom is -0.329 e. The fraction of sp³-hybridized carbons (Fsp3) is 0.333. The molecule has 1 heterocycles. The second-order valence-electron chi connectivity index (χ2n) is 6.99. The summed E-state index contributed by atoms with van der Waals surface area (Å²) in [5.41, 5.74) is 2.31. The Labute approximate surface area is 176 Å². The number of amides is 2. The molecule has 0 aliphatic carbocycles. The first kappa shape index (κ1) is 22.2. The molecule has 0 spiro atoms. The predicted molar refractivity (Wildman–Crippen MR) is 115 cm³/mol. The van der Waals surface area contributed by atoms with Crippen LogP contribution >= 0.6 is 24.0 Å². The lowest BCUT2D eigenvalue weighted by atomic mass is 10.0. The maximum Gasteiger partial charge on any atom is 0.254 e. The van der Waals surface area contributed by atoms with Gasteiger partial charge in [0.15, 0.2) is 0 Å². The minimum absolute atomic E-state index is 0. The topological polar surface area (TPSA) is 61.4 Å². The molecule has 1 atom stereocenters. The summed E-state index contributed by atoms with van der Waals surface area (Å²) in [5.74, 6) is -0.161. The lowest BCUT2D eigenvalue weighted by molar-refractivity contribution is -0.118. The van der Waals surface area contributed by atoms with Gasteiger partial charge in [0.25, 0.3) is 5.91 Å². The fourth-order valence-electron chi connectivity index (χ4n) is 3.11. The van der Waals surface area contributed by atoms with E-state index in [1.54, 1.807) is 24.3 Å². The average molecular weight is 422 g/mol. The fourth-order valence-corrected chi connectivity index (χ4v) is 3.31. The summed E-state index contributed by atoms with van der Waals surface area (Å²) in [7, 11) is 0. The average Bonchev–Trinajstić information content (AvgIpc) is 2.68. The van der Waals surface area contributed by atoms with E-state index in [0.717, 1.165) is 12.1 Å². The number of nitrogens with zero attached hydrogens (tertiary/aromatic N) is 1. The quantitative estimate of drug-likeness (QED) is 0.779. The van der Waals surface area contributed by atoms with E-state index in [9.17, 15) is 9.59 Å². The van der Waals surface area contributed by atoms with E-state index in [4.69, 9.17) is 11.6 Å². The Bertz CT molecular complexity index is 825. The molecule has 1 aliphatic heterocycles. The molecule has 1 saturated heterocycles. The lowest BCUT2D eigenvalue weighted by Crippen LogP contribution is -2.48. The van der Waals surface area contributed by atoms with E-state index >= 15 is 0 Å². The number of carbonyl (C=O) groups is 2. The number of nitrogens with one attached hydrogen (secondary N) is 2. The molecule has 28 heavy (non-hydrogen) atoms. The SMILES string of the molecule is CC(C)C(=O)Nc1ccc(C(=O)N2CCNCC2c2cccc(Cl)c2)cc1.Cl. The number of carbonyl (C=O) groups excluding carboxylic acids is 2. The van der Waals surface area contributed by atoms with Crippen molar-refractivity contribution in [1.82, 2.24) is 10.2 Å². The van der Waals surface area contributed by atoms with Crippen molar-refractivity contribution in [2.24, 2.45) is 5.92 Å². The summed E-state index contributed by atoms with van der Waals surface area (Å²) in [6.07, 6.45) is 0. The van der Waals surface area contributed by atoms with E-state index in [-0.39, 0.29) is 36.2 Å². The first-order valence-electron chi connectivity index (χ1n) is 9.14. The van der Waals surface area contributed by atoms with Gasteiger partial charge in [-0.15, -0.1) is 12.4 Å². The normalized spacial score (nSPS) is 16.4. The first-order valence-corrected chi connectivity index (χ1v) is 9.51. The van der Waals surface area contributed by atoms with Crippen molar-refractivity contribution in [3.63, 3.8) is 0 Å². The van der Waals surface area contributed by atoms with Crippen molar-refractivity contribution < 1.29 is 9.59 Å². The zero-order valence-electron chi connectivity index (χ0n) is 15.9. The van der Waals surface area contributed by atoms with Gasteiger partial charge in [0.1, 0.15) is 0 Å². The molecule has 0 saturated carbocycles. The molecule has 0 bridgehead atoms. The molecular weight excluding hydrogens is 397 g/mol. The summed E-state index contributed by atoms with van der Waals surface area (Å²) in [6.45, 7) is 5.75. The van der Waals surface area contributed by atoms with Gasteiger partial charge in [-0.1, -0.05) is 37.6 Å². The number of hydrogen-bond acceptors (Lipinski definition) is 3. The smallest absolute Gasteiger partial charge is 0.254 e. The van der Waals surface area contributed by atoms with Crippen molar-refractivity contribution >= 4 is 41.5 Å². The number of rotatable bonds is 4. The molecule has 2 amide bonds. The Morgan fingerprint density at radius 1 is 1.18 bits per heavy atom. The largest absolute Gasteiger partial charge is 0.329 e. The van der Waals surface area contributed by atoms with Gasteiger partial charge in [0, 0.05) is 41.8 Å². The summed E-state index contributed by atoms with van der Waals surface area (Å²) in [6, 6.07) is 14.6. The monoisotopic (exact) mass is 421 g/mol. The maximum absolute atomic E-state index is 13.1. The molecule has 3 rings (SSSR count). The molecule has 1 aliphatic rings. The van der Waals surface area contributed by atoms with E-state index in [0.29, 0.717) is 29.4 Å². The van der Waals surface area contributed by atoms with Crippen LogP contribution in [0.2, 0.25) is 5.02 Å². The van der Waals surface area contributed by atoms with Crippen LogP contribution in [0, 0.1) is 5.92 Å². The third-order valence-corrected chi connectivity index (χ3v) is 4.90. The van der Waals surface area contributed by atoms with Crippen LogP contribution < -0.4 is 10.6 Å². The van der Waals surface area contributed by atoms with Crippen molar-refractivity contribution in [3.8, 4) is 0 Å². The summed E-state index contributed by atoms with van der Waals surface area (Å²) in [5, 5.41) is 6.85. The van der Waals surface area contributed by atoms with Crippen LogP contribution in [-0.2, 0) is 4.79 Å². The Morgan fingerprint density at radius 2 is 1.89 bits per heavy atom. The highest BCUT2D eigenvalue weighted by Crippen LogP contribution is 2.26. The Kier molecular flexibility index (Phi) is 7.87. The third-order valence-electron chi connectivity index (χ3n) is 4.66. The molecule has 2 aromatic rings. The highest BCUT2D eigenvalue weighted by atomic mass is 35.5. The van der Waals surface area contributed by atoms with Crippen molar-refractivity contribution in [2.45, 2.75) is 19.9 Å². The highest BCUT2D eigenvalue weighted by molar-refractivity contribution is 6.30. The van der Waals surface area contributed by atoms with Gasteiger partial charge in [-0.2, -0.15) is 0 Å². The summed E-state index contributed by atoms with van der Waals surface area (Å²) >= 11 is 6.13. The number of halogens is 2. The molecule has 2 aromatic carbocycles. The van der Waals surface area contributed by atoms with Gasteiger partial charge < -0.3 is 15.5 Å². The molecule has 0 aromatic heterocycles. The van der Waals surface area contributed by atoms with Gasteiger partial charge >= 0.3 is 0 Å². The van der Waals surface area contributed by atoms with Crippen LogP contribution in [0.4, 0.5) is 5.69 Å². The minimum atomic E-state index is -0.0920. The molecule has 7 heteroatoms. The van der Waals surface area contributed by atoms with E-state index < -0.39 is 0 Å². The Morgan fingerprint density at radius 3 is 2.54 bits per heavy atom. The number of anilines is 1. The van der Waals surface area contributed by atoms with Crippen LogP contribution in [0.5, 0.6) is 0 Å². The van der Waals surface area contributed by atoms with E-state index in [1.807, 2.05) is 43.0 Å². The van der Waals surface area contributed by atoms with Gasteiger partial charge in [-0.3, -0.25) is 9.59 Å². The summed E-state index contributed by atoms with van der Waals surface area (Å²) in [4.78, 5) is 26.8. The van der Waals surface area contributed by atoms with E-state index in [1.165, 1.54) is 0 Å². The van der Waals surface area contributed by atoms with Gasteiger partial charge in [0.05, 0.1) is 6.04 Å². The summed E-state index contributed by atoms with van der Waals surface area (Å²) < 4.78 is 0. The molecular formula is C21H25Cl2N3O2. The maximum atomic E-state index is 13.1. The number of benzene rings is 2. The van der Waals surface area contributed by atoms with E-state index in [2.05, 4.69) is 10.6 Å². The second-order valence-corrected chi connectivity index (χ2v) is 7.43. The molecule has 0 radical (unpaired) electrons. The molecule has 5 nitrogen and oxygen atoms in total. The van der Waals surface area contributed by atoms with Crippen molar-refractivity contribution in [3.05, 3.63) is 64.7 Å². The molecule has 150 valence electrons. The van der Waals surface area contributed by atoms with Crippen LogP contribution in [-0.4, -0.2) is 36.3 Å². The van der Waals surface area contributed by atoms with Gasteiger partial charge in [-0.05, 0) is 42.0 Å². The zero-order valence-corrected chi connectivity index (χ0v) is 17.5. The second kappa shape index (κ2) is 9.92. The zero-order chi connectivity index (χ0) is 19.4. The Balaban J connectivity index is 0.00000280. The first-order chi connectivity index (χ1) is 13.0. The van der Waals surface area contributed by atoms with Gasteiger partial charge in [-0.25, -0.2) is 0 Å². The van der Waals surface area contributed by atoms with Gasteiger partial charge in [0.2, 0.25) is 5.91 Å². The predicted octanol–water partition coefficient (Wildman–Crippen LogP) is 4.14. The standard InChI is InChI=1S/C21H24ClN3O2.ClH/c1-14(2)20(26)24-18-8-6-15(7-9-18)21(27)25-11-10-23-13-19(25)16-4-3-5-17(22)12-16;/h3-9,12,14,19,23H,10-11,13H2,1-2H3,(H,24,26);1H. The lowest BCUT2D eigenvalue weighted by Gasteiger charge is -2.36. The highest BCUT2D eigenvalue weighted by Gasteiger charge is 2.28. The Hall–Kier alpha value is -2.08. The van der Waals surface area contributed by atoms with Crippen LogP contribution in [0.25, 0.3) is 0 Å². The number of hydrogen-bond donors (Lipinski definition) is 2.